The summed E-state index contributed by atoms with van der Waals surface area (Å²) in [6.07, 6.45) is 5.83. The summed E-state index contributed by atoms with van der Waals surface area (Å²) in [5.41, 5.74) is 2.32. The third kappa shape index (κ3) is 2.82. The molecule has 0 saturated carbocycles. The number of hydrogen-bond acceptors (Lipinski definition) is 4. The van der Waals surface area contributed by atoms with Crippen molar-refractivity contribution in [1.29, 1.82) is 0 Å². The monoisotopic (exact) mass is 271 g/mol. The molecule has 0 aromatic carbocycles. The fourth-order valence-corrected chi connectivity index (χ4v) is 2.46. The summed E-state index contributed by atoms with van der Waals surface area (Å²) in [4.78, 5) is 11.2. The summed E-state index contributed by atoms with van der Waals surface area (Å²) in [6.45, 7) is 7.99. The third-order valence-corrected chi connectivity index (χ3v) is 3.60. The number of imidazole rings is 1. The van der Waals surface area contributed by atoms with Crippen molar-refractivity contribution in [1.82, 2.24) is 19.9 Å². The molecule has 0 saturated heterocycles. The van der Waals surface area contributed by atoms with E-state index in [-0.39, 0.29) is 0 Å². The molecule has 20 heavy (non-hydrogen) atoms. The van der Waals surface area contributed by atoms with Crippen LogP contribution in [-0.2, 0) is 19.6 Å². The molecule has 2 aromatic rings. The Balaban J connectivity index is 1.73. The maximum atomic E-state index is 4.43. The van der Waals surface area contributed by atoms with Crippen molar-refractivity contribution in [2.24, 2.45) is 0 Å². The van der Waals surface area contributed by atoms with E-state index in [0.29, 0.717) is 6.04 Å². The fraction of sp³-hybridized carbons (Fsp3) is 0.467. The van der Waals surface area contributed by atoms with Crippen molar-refractivity contribution in [3.63, 3.8) is 0 Å². The number of nitrogens with one attached hydrogen (secondary N) is 1. The molecule has 2 aromatic heterocycles. The first-order chi connectivity index (χ1) is 9.72. The van der Waals surface area contributed by atoms with Crippen LogP contribution < -0.4 is 10.2 Å². The second kappa shape index (κ2) is 5.63. The summed E-state index contributed by atoms with van der Waals surface area (Å²) >= 11 is 0. The summed E-state index contributed by atoms with van der Waals surface area (Å²) in [7, 11) is 0. The van der Waals surface area contributed by atoms with Crippen molar-refractivity contribution < 1.29 is 0 Å². The Hall–Kier alpha value is -1.88. The Labute approximate surface area is 119 Å². The minimum atomic E-state index is 0.475. The van der Waals surface area contributed by atoms with Crippen LogP contribution in [0.5, 0.6) is 0 Å². The minimum Gasteiger partial charge on any atom is -0.362 e. The highest BCUT2D eigenvalue weighted by Gasteiger charge is 2.17. The second-order valence-corrected chi connectivity index (χ2v) is 5.50. The number of nitrogens with zero attached hydrogens (tertiary/aromatic N) is 4. The maximum absolute atomic E-state index is 4.43. The molecule has 0 unspecified atom stereocenters. The van der Waals surface area contributed by atoms with Gasteiger partial charge in [0.2, 0.25) is 0 Å². The molecule has 106 valence electrons. The van der Waals surface area contributed by atoms with Gasteiger partial charge in [0, 0.05) is 50.0 Å². The van der Waals surface area contributed by atoms with E-state index < -0.39 is 0 Å². The predicted molar refractivity (Wildman–Crippen MR) is 79.5 cm³/mol. The van der Waals surface area contributed by atoms with Gasteiger partial charge >= 0.3 is 0 Å². The van der Waals surface area contributed by atoms with Gasteiger partial charge in [-0.1, -0.05) is 13.8 Å². The number of rotatable bonds is 4. The van der Waals surface area contributed by atoms with Crippen LogP contribution in [0.15, 0.2) is 30.7 Å². The highest BCUT2D eigenvalue weighted by atomic mass is 15.2. The lowest BCUT2D eigenvalue weighted by Crippen LogP contribution is -2.33. The van der Waals surface area contributed by atoms with Gasteiger partial charge in [-0.15, -0.1) is 0 Å². The molecule has 3 rings (SSSR count). The van der Waals surface area contributed by atoms with Crippen LogP contribution in [0.3, 0.4) is 0 Å². The van der Waals surface area contributed by atoms with E-state index in [9.17, 15) is 0 Å². The third-order valence-electron chi connectivity index (χ3n) is 3.60. The molecule has 0 amide bonds. The summed E-state index contributed by atoms with van der Waals surface area (Å²) < 4.78 is 2.22. The SMILES string of the molecule is CC(C)NCc1cc(N2CCn3ccnc3C2)ccn1. The molecule has 0 spiro atoms. The minimum absolute atomic E-state index is 0.475. The van der Waals surface area contributed by atoms with Crippen LogP contribution in [0, 0.1) is 0 Å². The van der Waals surface area contributed by atoms with Gasteiger partial charge in [-0.25, -0.2) is 4.98 Å². The standard InChI is InChI=1S/C15H21N5/c1-12(2)18-10-13-9-14(3-4-16-13)20-8-7-19-6-5-17-15(19)11-20/h3-6,9,12,18H,7-8,10-11H2,1-2H3. The first-order valence-corrected chi connectivity index (χ1v) is 7.15. The lowest BCUT2D eigenvalue weighted by Gasteiger charge is -2.29. The van der Waals surface area contributed by atoms with Crippen LogP contribution in [0.1, 0.15) is 25.4 Å². The van der Waals surface area contributed by atoms with Gasteiger partial charge in [0.1, 0.15) is 5.82 Å². The van der Waals surface area contributed by atoms with E-state index in [1.54, 1.807) is 0 Å². The maximum Gasteiger partial charge on any atom is 0.128 e. The average Bonchev–Trinajstić information content (AvgIpc) is 2.93. The van der Waals surface area contributed by atoms with E-state index in [2.05, 4.69) is 56.9 Å². The van der Waals surface area contributed by atoms with Crippen LogP contribution in [0.2, 0.25) is 0 Å². The Bertz CT molecular complexity index is 575. The Morgan fingerprint density at radius 1 is 1.25 bits per heavy atom. The van der Waals surface area contributed by atoms with Gasteiger partial charge in [-0.3, -0.25) is 4.98 Å². The molecule has 5 nitrogen and oxygen atoms in total. The Morgan fingerprint density at radius 3 is 3.00 bits per heavy atom. The smallest absolute Gasteiger partial charge is 0.128 e. The topological polar surface area (TPSA) is 46.0 Å². The van der Waals surface area contributed by atoms with Gasteiger partial charge in [0.25, 0.3) is 0 Å². The number of anilines is 1. The molecule has 0 aliphatic carbocycles. The van der Waals surface area contributed by atoms with Crippen LogP contribution in [0.4, 0.5) is 5.69 Å². The first-order valence-electron chi connectivity index (χ1n) is 7.15. The predicted octanol–water partition coefficient (Wildman–Crippen LogP) is 1.80. The van der Waals surface area contributed by atoms with Gasteiger partial charge in [-0.05, 0) is 12.1 Å². The zero-order valence-electron chi connectivity index (χ0n) is 12.1. The Kier molecular flexibility index (Phi) is 3.69. The number of aromatic nitrogens is 3. The van der Waals surface area contributed by atoms with Crippen molar-refractivity contribution in [3.05, 3.63) is 42.2 Å². The van der Waals surface area contributed by atoms with E-state index in [1.165, 1.54) is 5.69 Å². The molecule has 1 aliphatic rings. The molecule has 3 heterocycles. The highest BCUT2D eigenvalue weighted by Crippen LogP contribution is 2.20. The van der Waals surface area contributed by atoms with Gasteiger partial charge in [0.05, 0.1) is 12.2 Å². The second-order valence-electron chi connectivity index (χ2n) is 5.50. The number of hydrogen-bond donors (Lipinski definition) is 1. The largest absolute Gasteiger partial charge is 0.362 e. The quantitative estimate of drug-likeness (QED) is 0.921. The molecule has 5 heteroatoms. The van der Waals surface area contributed by atoms with Crippen molar-refractivity contribution in [2.45, 2.75) is 39.5 Å². The van der Waals surface area contributed by atoms with Gasteiger partial charge in [-0.2, -0.15) is 0 Å². The van der Waals surface area contributed by atoms with Crippen molar-refractivity contribution >= 4 is 5.69 Å². The molecular weight excluding hydrogens is 250 g/mol. The van der Waals surface area contributed by atoms with Crippen LogP contribution in [0.25, 0.3) is 0 Å². The van der Waals surface area contributed by atoms with Crippen LogP contribution >= 0.6 is 0 Å². The van der Waals surface area contributed by atoms with E-state index in [0.717, 1.165) is 37.7 Å². The molecule has 0 fully saturated rings. The molecule has 1 aliphatic heterocycles. The zero-order chi connectivity index (χ0) is 13.9. The van der Waals surface area contributed by atoms with Crippen molar-refractivity contribution in [2.75, 3.05) is 11.4 Å². The first kappa shape index (κ1) is 13.1. The molecule has 0 atom stereocenters. The normalized spacial score (nSPS) is 14.7. The molecular formula is C15H21N5. The fourth-order valence-electron chi connectivity index (χ4n) is 2.46. The molecule has 0 bridgehead atoms. The lowest BCUT2D eigenvalue weighted by molar-refractivity contribution is 0.558. The van der Waals surface area contributed by atoms with E-state index >= 15 is 0 Å². The summed E-state index contributed by atoms with van der Waals surface area (Å²) in [5.74, 6) is 1.13. The Morgan fingerprint density at radius 2 is 2.15 bits per heavy atom. The van der Waals surface area contributed by atoms with Gasteiger partial charge < -0.3 is 14.8 Å². The summed E-state index contributed by atoms with van der Waals surface area (Å²) in [6, 6.07) is 4.73. The van der Waals surface area contributed by atoms with Crippen molar-refractivity contribution in [3.8, 4) is 0 Å². The lowest BCUT2D eigenvalue weighted by atomic mass is 10.2. The molecule has 0 radical (unpaired) electrons. The van der Waals surface area contributed by atoms with Crippen LogP contribution in [-0.4, -0.2) is 27.1 Å². The van der Waals surface area contributed by atoms with Gasteiger partial charge in [0.15, 0.2) is 0 Å². The zero-order valence-corrected chi connectivity index (χ0v) is 12.1. The molecule has 1 N–H and O–H groups in total. The average molecular weight is 271 g/mol. The number of fused-ring (bicyclic) bond motifs is 1. The van der Waals surface area contributed by atoms with E-state index in [1.807, 2.05) is 12.4 Å². The number of pyridine rings is 1. The highest BCUT2D eigenvalue weighted by molar-refractivity contribution is 5.47. The summed E-state index contributed by atoms with van der Waals surface area (Å²) in [5, 5.41) is 3.41. The van der Waals surface area contributed by atoms with E-state index in [4.69, 9.17) is 0 Å².